The van der Waals surface area contributed by atoms with Gasteiger partial charge < -0.3 is 14.8 Å². The number of nitrogens with zero attached hydrogens (tertiary/aromatic N) is 1. The van der Waals surface area contributed by atoms with Crippen LogP contribution in [0.2, 0.25) is 0 Å². The van der Waals surface area contributed by atoms with E-state index in [1.165, 1.54) is 0 Å². The first-order chi connectivity index (χ1) is 8.01. The van der Waals surface area contributed by atoms with E-state index in [1.807, 2.05) is 7.05 Å². The minimum absolute atomic E-state index is 0.103. The van der Waals surface area contributed by atoms with E-state index in [1.54, 1.807) is 0 Å². The summed E-state index contributed by atoms with van der Waals surface area (Å²) in [5.41, 5.74) is 0. The van der Waals surface area contributed by atoms with Gasteiger partial charge in [0.15, 0.2) is 0 Å². The molecule has 0 radical (unpaired) electrons. The molecule has 1 atom stereocenters. The molecule has 0 bridgehead atoms. The number of ether oxygens (including phenoxy) is 2. The standard InChI is InChI=1S/C10H19F3N2O2/c1-14-6-9-7-15(3-5-17-9)2-4-16-8-10(11,12)13/h9,14H,2-8H2,1H3. The van der Waals surface area contributed by atoms with Gasteiger partial charge in [-0.15, -0.1) is 0 Å². The lowest BCUT2D eigenvalue weighted by Gasteiger charge is -2.32. The van der Waals surface area contributed by atoms with Crippen LogP contribution in [0.25, 0.3) is 0 Å². The highest BCUT2D eigenvalue weighted by atomic mass is 19.4. The van der Waals surface area contributed by atoms with Crippen LogP contribution >= 0.6 is 0 Å². The van der Waals surface area contributed by atoms with Gasteiger partial charge in [-0.25, -0.2) is 0 Å². The lowest BCUT2D eigenvalue weighted by Crippen LogP contribution is -2.47. The molecule has 1 saturated heterocycles. The second-order valence-corrected chi connectivity index (χ2v) is 4.02. The van der Waals surface area contributed by atoms with Gasteiger partial charge in [0.2, 0.25) is 0 Å². The molecule has 1 N–H and O–H groups in total. The first-order valence-electron chi connectivity index (χ1n) is 5.64. The summed E-state index contributed by atoms with van der Waals surface area (Å²) in [6.45, 7) is 2.29. The molecule has 4 nitrogen and oxygen atoms in total. The van der Waals surface area contributed by atoms with Crippen molar-refractivity contribution in [3.63, 3.8) is 0 Å². The Morgan fingerprint density at radius 1 is 1.47 bits per heavy atom. The fraction of sp³-hybridized carbons (Fsp3) is 1.00. The summed E-state index contributed by atoms with van der Waals surface area (Å²) in [6.07, 6.45) is -4.13. The molecule has 1 rings (SSSR count). The molecule has 0 spiro atoms. The van der Waals surface area contributed by atoms with Gasteiger partial charge in [-0.1, -0.05) is 0 Å². The third kappa shape index (κ3) is 6.82. The molecule has 1 heterocycles. The highest BCUT2D eigenvalue weighted by molar-refractivity contribution is 4.72. The average Bonchev–Trinajstić information content (AvgIpc) is 2.24. The van der Waals surface area contributed by atoms with E-state index in [-0.39, 0.29) is 12.7 Å². The van der Waals surface area contributed by atoms with Crippen molar-refractivity contribution in [3.8, 4) is 0 Å². The minimum atomic E-state index is -4.24. The number of morpholine rings is 1. The topological polar surface area (TPSA) is 33.7 Å². The highest BCUT2D eigenvalue weighted by Crippen LogP contribution is 2.14. The molecule has 0 aromatic heterocycles. The van der Waals surface area contributed by atoms with E-state index >= 15 is 0 Å². The first-order valence-corrected chi connectivity index (χ1v) is 5.64. The van der Waals surface area contributed by atoms with Crippen molar-refractivity contribution < 1.29 is 22.6 Å². The summed E-state index contributed by atoms with van der Waals surface area (Å²) in [4.78, 5) is 2.06. The van der Waals surface area contributed by atoms with E-state index in [0.29, 0.717) is 13.2 Å². The van der Waals surface area contributed by atoms with E-state index < -0.39 is 12.8 Å². The summed E-state index contributed by atoms with van der Waals surface area (Å²) >= 11 is 0. The summed E-state index contributed by atoms with van der Waals surface area (Å²) in [7, 11) is 1.84. The number of hydrogen-bond acceptors (Lipinski definition) is 4. The van der Waals surface area contributed by atoms with Crippen LogP contribution in [0.5, 0.6) is 0 Å². The molecule has 17 heavy (non-hydrogen) atoms. The summed E-state index contributed by atoms with van der Waals surface area (Å²) in [5, 5.41) is 3.01. The molecular formula is C10H19F3N2O2. The third-order valence-electron chi connectivity index (χ3n) is 2.47. The first kappa shape index (κ1) is 14.7. The fourth-order valence-electron chi connectivity index (χ4n) is 1.72. The molecule has 102 valence electrons. The Morgan fingerprint density at radius 2 is 2.24 bits per heavy atom. The van der Waals surface area contributed by atoms with Crippen LogP contribution in [0, 0.1) is 0 Å². The number of rotatable bonds is 6. The van der Waals surface area contributed by atoms with Crippen molar-refractivity contribution in [2.24, 2.45) is 0 Å². The van der Waals surface area contributed by atoms with Crippen molar-refractivity contribution in [1.82, 2.24) is 10.2 Å². The normalized spacial score (nSPS) is 22.9. The quantitative estimate of drug-likeness (QED) is 0.701. The number of likely N-dealkylation sites (N-methyl/N-ethyl adjacent to an activating group) is 1. The minimum Gasteiger partial charge on any atom is -0.374 e. The van der Waals surface area contributed by atoms with Crippen LogP contribution in [0.4, 0.5) is 13.2 Å². The maximum atomic E-state index is 11.8. The Balaban J connectivity index is 2.10. The van der Waals surface area contributed by atoms with E-state index in [9.17, 15) is 13.2 Å². The molecule has 7 heteroatoms. The lowest BCUT2D eigenvalue weighted by atomic mass is 10.2. The predicted molar refractivity (Wildman–Crippen MR) is 57.0 cm³/mol. The molecule has 1 aliphatic rings. The number of nitrogens with one attached hydrogen (secondary N) is 1. The Kier molecular flexibility index (Phi) is 6.18. The molecule has 0 aliphatic carbocycles. The molecule has 1 fully saturated rings. The number of alkyl halides is 3. The maximum Gasteiger partial charge on any atom is 0.411 e. The fourth-order valence-corrected chi connectivity index (χ4v) is 1.72. The third-order valence-corrected chi connectivity index (χ3v) is 2.47. The average molecular weight is 256 g/mol. The maximum absolute atomic E-state index is 11.8. The van der Waals surface area contributed by atoms with Crippen LogP contribution in [0.1, 0.15) is 0 Å². The van der Waals surface area contributed by atoms with Crippen molar-refractivity contribution in [1.29, 1.82) is 0 Å². The van der Waals surface area contributed by atoms with Gasteiger partial charge in [0.1, 0.15) is 6.61 Å². The highest BCUT2D eigenvalue weighted by Gasteiger charge is 2.27. The summed E-state index contributed by atoms with van der Waals surface area (Å²) in [6, 6.07) is 0. The van der Waals surface area contributed by atoms with Crippen LogP contribution < -0.4 is 5.32 Å². The van der Waals surface area contributed by atoms with Crippen molar-refractivity contribution in [3.05, 3.63) is 0 Å². The zero-order valence-corrected chi connectivity index (χ0v) is 9.92. The van der Waals surface area contributed by atoms with Gasteiger partial charge in [0, 0.05) is 26.2 Å². The second-order valence-electron chi connectivity index (χ2n) is 4.02. The van der Waals surface area contributed by atoms with Gasteiger partial charge in [-0.3, -0.25) is 4.90 Å². The zero-order valence-electron chi connectivity index (χ0n) is 9.92. The van der Waals surface area contributed by atoms with E-state index in [4.69, 9.17) is 4.74 Å². The Morgan fingerprint density at radius 3 is 2.88 bits per heavy atom. The monoisotopic (exact) mass is 256 g/mol. The molecule has 0 aromatic carbocycles. The van der Waals surface area contributed by atoms with Crippen LogP contribution in [-0.4, -0.2) is 70.2 Å². The predicted octanol–water partition coefficient (Wildman–Crippen LogP) is 0.485. The van der Waals surface area contributed by atoms with Crippen LogP contribution in [-0.2, 0) is 9.47 Å². The molecule has 1 aliphatic heterocycles. The van der Waals surface area contributed by atoms with Crippen molar-refractivity contribution in [2.45, 2.75) is 12.3 Å². The number of hydrogen-bond donors (Lipinski definition) is 1. The summed E-state index contributed by atoms with van der Waals surface area (Å²) in [5.74, 6) is 0. The van der Waals surface area contributed by atoms with Gasteiger partial charge in [-0.2, -0.15) is 13.2 Å². The van der Waals surface area contributed by atoms with Crippen molar-refractivity contribution in [2.75, 3.05) is 53.0 Å². The van der Waals surface area contributed by atoms with Gasteiger partial charge in [0.05, 0.1) is 19.3 Å². The Bertz CT molecular complexity index is 212. The van der Waals surface area contributed by atoms with Gasteiger partial charge >= 0.3 is 6.18 Å². The molecule has 0 saturated carbocycles. The van der Waals surface area contributed by atoms with Crippen LogP contribution in [0.15, 0.2) is 0 Å². The molecular weight excluding hydrogens is 237 g/mol. The zero-order chi connectivity index (χ0) is 12.7. The van der Waals surface area contributed by atoms with Crippen LogP contribution in [0.3, 0.4) is 0 Å². The smallest absolute Gasteiger partial charge is 0.374 e. The SMILES string of the molecule is CNCC1CN(CCOCC(F)(F)F)CCO1. The van der Waals surface area contributed by atoms with Gasteiger partial charge in [-0.05, 0) is 7.05 Å². The lowest BCUT2D eigenvalue weighted by molar-refractivity contribution is -0.175. The number of halogens is 3. The largest absolute Gasteiger partial charge is 0.411 e. The van der Waals surface area contributed by atoms with E-state index in [0.717, 1.165) is 19.6 Å². The van der Waals surface area contributed by atoms with Gasteiger partial charge in [0.25, 0.3) is 0 Å². The second kappa shape index (κ2) is 7.15. The molecule has 1 unspecified atom stereocenters. The van der Waals surface area contributed by atoms with Crippen molar-refractivity contribution >= 4 is 0 Å². The Hall–Kier alpha value is -0.370. The summed E-state index contributed by atoms with van der Waals surface area (Å²) < 4.78 is 45.5. The molecule has 0 amide bonds. The Labute approximate surface area is 99.1 Å². The molecule has 0 aromatic rings. The van der Waals surface area contributed by atoms with E-state index in [2.05, 4.69) is 15.0 Å².